The highest BCUT2D eigenvalue weighted by Crippen LogP contribution is 2.44. The summed E-state index contributed by atoms with van der Waals surface area (Å²) in [7, 11) is 1.54. The highest BCUT2D eigenvalue weighted by Gasteiger charge is 2.48. The van der Waals surface area contributed by atoms with Crippen LogP contribution in [0, 0.1) is 13.8 Å². The molecule has 2 heterocycles. The van der Waals surface area contributed by atoms with Crippen LogP contribution < -0.4 is 14.4 Å². The van der Waals surface area contributed by atoms with E-state index in [1.54, 1.807) is 55.5 Å². The smallest absolute Gasteiger partial charge is 0.301 e. The maximum absolute atomic E-state index is 13.4. The lowest BCUT2D eigenvalue weighted by Crippen LogP contribution is -2.29. The number of carbonyl (C=O) groups excluding carboxylic acids is 3. The van der Waals surface area contributed by atoms with Gasteiger partial charge in [-0.3, -0.25) is 19.3 Å². The number of nitrogens with zero attached hydrogens (tertiary/aromatic N) is 2. The third kappa shape index (κ3) is 5.36. The number of hydrogen-bond donors (Lipinski definition) is 1. The maximum Gasteiger partial charge on any atom is 0.301 e. The number of ether oxygens (including phenoxy) is 2. The lowest BCUT2D eigenvalue weighted by molar-refractivity contribution is -0.132. The summed E-state index contributed by atoms with van der Waals surface area (Å²) in [6.45, 7) is 5.50. The molecule has 1 N–H and O–H groups in total. The van der Waals surface area contributed by atoms with Gasteiger partial charge in [-0.1, -0.05) is 47.7 Å². The van der Waals surface area contributed by atoms with E-state index in [0.29, 0.717) is 39.8 Å². The Kier molecular flexibility index (Phi) is 7.72. The van der Waals surface area contributed by atoms with Crippen molar-refractivity contribution in [3.8, 4) is 11.5 Å². The van der Waals surface area contributed by atoms with Crippen molar-refractivity contribution in [1.29, 1.82) is 0 Å². The number of benzene rings is 3. The summed E-state index contributed by atoms with van der Waals surface area (Å²) < 4.78 is 11.2. The molecular weight excluding hydrogens is 540 g/mol. The predicted molar refractivity (Wildman–Crippen MR) is 157 cm³/mol. The first-order valence-corrected chi connectivity index (χ1v) is 13.7. The van der Waals surface area contributed by atoms with Crippen molar-refractivity contribution in [3.05, 3.63) is 111 Å². The van der Waals surface area contributed by atoms with E-state index in [1.807, 2.05) is 31.2 Å². The van der Waals surface area contributed by atoms with Gasteiger partial charge in [0.1, 0.15) is 23.9 Å². The fourth-order valence-corrected chi connectivity index (χ4v) is 5.73. The van der Waals surface area contributed by atoms with Crippen molar-refractivity contribution in [2.24, 2.45) is 0 Å². The number of aryl methyl sites for hydroxylation is 2. The molecule has 1 atom stereocenters. The number of amides is 1. The summed E-state index contributed by atoms with van der Waals surface area (Å²) in [4.78, 5) is 45.1. The molecule has 1 fully saturated rings. The first kappa shape index (κ1) is 27.8. The number of aliphatic hydroxyl groups is 1. The molecule has 0 saturated carbocycles. The molecule has 3 aromatic carbocycles. The van der Waals surface area contributed by atoms with Gasteiger partial charge in [-0.2, -0.15) is 0 Å². The molecule has 0 spiro atoms. The normalized spacial score (nSPS) is 16.2. The number of methoxy groups -OCH3 is 1. The molecule has 8 nitrogen and oxygen atoms in total. The number of hydrogen-bond acceptors (Lipinski definition) is 8. The minimum atomic E-state index is -0.969. The summed E-state index contributed by atoms with van der Waals surface area (Å²) in [5.41, 5.74) is 3.49. The summed E-state index contributed by atoms with van der Waals surface area (Å²) in [6, 6.07) is 20.5. The Hall–Kier alpha value is -4.76. The van der Waals surface area contributed by atoms with E-state index in [4.69, 9.17) is 9.47 Å². The van der Waals surface area contributed by atoms with Gasteiger partial charge in [-0.15, -0.1) is 0 Å². The van der Waals surface area contributed by atoms with Crippen molar-refractivity contribution in [3.63, 3.8) is 0 Å². The molecule has 1 aliphatic rings. The third-order valence-electron chi connectivity index (χ3n) is 6.97. The van der Waals surface area contributed by atoms with Gasteiger partial charge >= 0.3 is 5.91 Å². The number of aromatic nitrogens is 1. The Morgan fingerprint density at radius 3 is 2.24 bits per heavy atom. The largest absolute Gasteiger partial charge is 0.507 e. The van der Waals surface area contributed by atoms with Crippen LogP contribution in [-0.2, 0) is 16.2 Å². The fourth-order valence-electron chi connectivity index (χ4n) is 4.74. The quantitative estimate of drug-likeness (QED) is 0.117. The Labute approximate surface area is 241 Å². The zero-order valence-electron chi connectivity index (χ0n) is 23.0. The molecule has 1 aliphatic heterocycles. The standard InChI is InChI=1S/C32H28N2O6S/c1-18-7-5-6-8-23(18)17-40-25-15-11-22(12-16-25)28(36)26-27(21-9-13-24(39-4)14-10-21)34(31(38)29(26)37)32-33-19(2)30(41-32)20(3)35/h5-16,27,36H,17H2,1-4H3/b28-26+. The Balaban J connectivity index is 1.54. The number of thiazole rings is 1. The van der Waals surface area contributed by atoms with Crippen molar-refractivity contribution in [1.82, 2.24) is 4.98 Å². The van der Waals surface area contributed by atoms with E-state index in [2.05, 4.69) is 4.98 Å². The van der Waals surface area contributed by atoms with Crippen LogP contribution in [-0.4, -0.2) is 34.7 Å². The molecule has 0 aliphatic carbocycles. The van der Waals surface area contributed by atoms with E-state index < -0.39 is 17.7 Å². The monoisotopic (exact) mass is 568 g/mol. The second-order valence-electron chi connectivity index (χ2n) is 9.65. The van der Waals surface area contributed by atoms with Gasteiger partial charge in [0.15, 0.2) is 10.9 Å². The zero-order chi connectivity index (χ0) is 29.3. The van der Waals surface area contributed by atoms with Gasteiger partial charge in [0, 0.05) is 12.5 Å². The predicted octanol–water partition coefficient (Wildman–Crippen LogP) is 6.18. The van der Waals surface area contributed by atoms with Crippen LogP contribution in [0.5, 0.6) is 11.5 Å². The number of ketones is 2. The Bertz CT molecular complexity index is 1670. The van der Waals surface area contributed by atoms with E-state index in [9.17, 15) is 19.5 Å². The number of aliphatic hydroxyl groups excluding tert-OH is 1. The highest BCUT2D eigenvalue weighted by molar-refractivity contribution is 7.18. The summed E-state index contributed by atoms with van der Waals surface area (Å²) in [5.74, 6) is -1.01. The topological polar surface area (TPSA) is 106 Å². The molecule has 1 unspecified atom stereocenters. The van der Waals surface area contributed by atoms with Crippen LogP contribution in [0.2, 0.25) is 0 Å². The van der Waals surface area contributed by atoms with Crippen molar-refractivity contribution >= 4 is 39.7 Å². The van der Waals surface area contributed by atoms with E-state index >= 15 is 0 Å². The van der Waals surface area contributed by atoms with Crippen LogP contribution in [0.1, 0.15) is 50.6 Å². The average molecular weight is 569 g/mol. The molecule has 0 radical (unpaired) electrons. The van der Waals surface area contributed by atoms with E-state index in [1.165, 1.54) is 18.9 Å². The second kappa shape index (κ2) is 11.4. The van der Waals surface area contributed by atoms with Crippen LogP contribution in [0.4, 0.5) is 5.13 Å². The van der Waals surface area contributed by atoms with Crippen molar-refractivity contribution < 1.29 is 29.0 Å². The van der Waals surface area contributed by atoms with Gasteiger partial charge in [0.05, 0.1) is 29.3 Å². The molecule has 9 heteroatoms. The molecule has 1 aromatic heterocycles. The van der Waals surface area contributed by atoms with Gasteiger partial charge in [-0.05, 0) is 66.9 Å². The van der Waals surface area contributed by atoms with Crippen LogP contribution >= 0.6 is 11.3 Å². The van der Waals surface area contributed by atoms with Gasteiger partial charge in [-0.25, -0.2) is 4.98 Å². The Morgan fingerprint density at radius 2 is 1.63 bits per heavy atom. The second-order valence-corrected chi connectivity index (χ2v) is 10.6. The molecule has 4 aromatic rings. The maximum atomic E-state index is 13.4. The molecule has 1 saturated heterocycles. The Morgan fingerprint density at radius 1 is 0.976 bits per heavy atom. The molecule has 0 bridgehead atoms. The van der Waals surface area contributed by atoms with Gasteiger partial charge in [0.2, 0.25) is 0 Å². The lowest BCUT2D eigenvalue weighted by Gasteiger charge is -2.23. The third-order valence-corrected chi connectivity index (χ3v) is 8.23. The summed E-state index contributed by atoms with van der Waals surface area (Å²) in [6.07, 6.45) is 0. The van der Waals surface area contributed by atoms with Crippen molar-refractivity contribution in [2.75, 3.05) is 12.0 Å². The highest BCUT2D eigenvalue weighted by atomic mass is 32.1. The number of rotatable bonds is 8. The van der Waals surface area contributed by atoms with Crippen LogP contribution in [0.3, 0.4) is 0 Å². The molecule has 41 heavy (non-hydrogen) atoms. The minimum absolute atomic E-state index is 0.0778. The lowest BCUT2D eigenvalue weighted by atomic mass is 9.95. The fraction of sp³-hybridized carbons (Fsp3) is 0.188. The molecular formula is C32H28N2O6S. The minimum Gasteiger partial charge on any atom is -0.507 e. The molecule has 208 valence electrons. The molecule has 1 amide bonds. The zero-order valence-corrected chi connectivity index (χ0v) is 23.8. The van der Waals surface area contributed by atoms with Crippen molar-refractivity contribution in [2.45, 2.75) is 33.4 Å². The van der Waals surface area contributed by atoms with Gasteiger partial charge < -0.3 is 14.6 Å². The molecule has 5 rings (SSSR count). The average Bonchev–Trinajstić information content (AvgIpc) is 3.49. The first-order chi connectivity index (χ1) is 19.7. The number of carbonyl (C=O) groups is 3. The van der Waals surface area contributed by atoms with Crippen LogP contribution in [0.15, 0.2) is 78.4 Å². The summed E-state index contributed by atoms with van der Waals surface area (Å²) >= 11 is 1.04. The van der Waals surface area contributed by atoms with E-state index in [-0.39, 0.29) is 22.2 Å². The SMILES string of the molecule is COc1ccc(C2/C(=C(\O)c3ccc(OCc4ccccc4C)cc3)C(=O)C(=O)N2c2nc(C)c(C(C)=O)s2)cc1. The number of anilines is 1. The summed E-state index contributed by atoms with van der Waals surface area (Å²) in [5, 5.41) is 11.6. The van der Waals surface area contributed by atoms with E-state index in [0.717, 1.165) is 22.5 Å². The van der Waals surface area contributed by atoms with Crippen LogP contribution in [0.25, 0.3) is 5.76 Å². The first-order valence-electron chi connectivity index (χ1n) is 12.9. The number of Topliss-reactive ketones (excluding diaryl/α,β-unsaturated/α-hetero) is 2. The van der Waals surface area contributed by atoms with Gasteiger partial charge in [0.25, 0.3) is 5.78 Å².